The Hall–Kier alpha value is -0.610. The molecular weight excluding hydrogens is 168 g/mol. The number of hydrogen-bond donors (Lipinski definition) is 3. The van der Waals surface area contributed by atoms with Crippen LogP contribution in [-0.2, 0) is 4.79 Å². The van der Waals surface area contributed by atoms with Crippen molar-refractivity contribution >= 4 is 5.91 Å². The molecule has 0 aromatic rings. The van der Waals surface area contributed by atoms with Crippen molar-refractivity contribution in [1.82, 2.24) is 5.32 Å². The zero-order valence-electron chi connectivity index (χ0n) is 7.99. The van der Waals surface area contributed by atoms with Crippen molar-refractivity contribution in [2.45, 2.75) is 50.8 Å². The van der Waals surface area contributed by atoms with Crippen molar-refractivity contribution < 1.29 is 9.90 Å². The molecule has 4 heteroatoms. The Morgan fingerprint density at radius 1 is 1.69 bits per heavy atom. The van der Waals surface area contributed by atoms with Gasteiger partial charge < -0.3 is 16.2 Å². The van der Waals surface area contributed by atoms with Crippen LogP contribution in [0.4, 0.5) is 0 Å². The first-order chi connectivity index (χ1) is 6.15. The lowest BCUT2D eigenvalue weighted by Crippen LogP contribution is -2.48. The fraction of sp³-hybridized carbons (Fsp3) is 0.889. The normalized spacial score (nSPS) is 20.8. The highest BCUT2D eigenvalue weighted by Crippen LogP contribution is 2.18. The highest BCUT2D eigenvalue weighted by atomic mass is 16.3. The zero-order chi connectivity index (χ0) is 9.84. The van der Waals surface area contributed by atoms with E-state index < -0.39 is 12.1 Å². The highest BCUT2D eigenvalue weighted by molar-refractivity contribution is 5.82. The summed E-state index contributed by atoms with van der Waals surface area (Å²) in [5.41, 5.74) is 5.56. The summed E-state index contributed by atoms with van der Waals surface area (Å²) in [6.45, 7) is 1.95. The molecule has 0 spiro atoms. The maximum absolute atomic E-state index is 11.3. The second-order valence-electron chi connectivity index (χ2n) is 3.66. The third-order valence-corrected chi connectivity index (χ3v) is 2.23. The first-order valence-electron chi connectivity index (χ1n) is 4.89. The van der Waals surface area contributed by atoms with Crippen LogP contribution in [0.5, 0.6) is 0 Å². The summed E-state index contributed by atoms with van der Waals surface area (Å²) < 4.78 is 0. The summed E-state index contributed by atoms with van der Waals surface area (Å²) in [6, 6.07) is -0.451. The Kier molecular flexibility index (Phi) is 3.69. The molecule has 2 atom stereocenters. The van der Waals surface area contributed by atoms with Gasteiger partial charge in [0.15, 0.2) is 0 Å². The second kappa shape index (κ2) is 4.58. The van der Waals surface area contributed by atoms with Crippen molar-refractivity contribution in [2.75, 3.05) is 0 Å². The van der Waals surface area contributed by atoms with Gasteiger partial charge in [0.1, 0.15) is 6.04 Å². The van der Waals surface area contributed by atoms with E-state index in [0.29, 0.717) is 12.5 Å². The molecule has 0 saturated heterocycles. The van der Waals surface area contributed by atoms with Gasteiger partial charge in [0.05, 0.1) is 6.10 Å². The fourth-order valence-corrected chi connectivity index (χ4v) is 1.18. The molecular formula is C9H18N2O2. The van der Waals surface area contributed by atoms with Gasteiger partial charge in [-0.25, -0.2) is 0 Å². The molecule has 2 unspecified atom stereocenters. The molecule has 1 aliphatic carbocycles. The van der Waals surface area contributed by atoms with Crippen molar-refractivity contribution in [1.29, 1.82) is 0 Å². The highest BCUT2D eigenvalue weighted by Gasteiger charge is 2.28. The van der Waals surface area contributed by atoms with Crippen LogP contribution in [0, 0.1) is 0 Å². The summed E-state index contributed by atoms with van der Waals surface area (Å²) in [4.78, 5) is 11.3. The minimum absolute atomic E-state index is 0.219. The van der Waals surface area contributed by atoms with E-state index in [1.807, 2.05) is 6.92 Å². The van der Waals surface area contributed by atoms with Crippen molar-refractivity contribution in [2.24, 2.45) is 5.73 Å². The van der Waals surface area contributed by atoms with Crippen LogP contribution >= 0.6 is 0 Å². The van der Waals surface area contributed by atoms with Gasteiger partial charge in [-0.3, -0.25) is 4.79 Å². The molecule has 0 bridgehead atoms. The number of aliphatic hydroxyl groups excluding tert-OH is 1. The lowest BCUT2D eigenvalue weighted by atomic mass is 10.1. The Morgan fingerprint density at radius 2 is 2.31 bits per heavy atom. The predicted octanol–water partition coefficient (Wildman–Crippen LogP) is -0.247. The van der Waals surface area contributed by atoms with E-state index in [0.717, 1.165) is 19.3 Å². The maximum atomic E-state index is 11.3. The second-order valence-corrected chi connectivity index (χ2v) is 3.66. The number of carbonyl (C=O) groups is 1. The minimum Gasteiger partial charge on any atom is -0.391 e. The van der Waals surface area contributed by atoms with E-state index in [4.69, 9.17) is 5.73 Å². The van der Waals surface area contributed by atoms with E-state index in [1.165, 1.54) is 0 Å². The van der Waals surface area contributed by atoms with Crippen LogP contribution in [-0.4, -0.2) is 29.2 Å². The van der Waals surface area contributed by atoms with Gasteiger partial charge >= 0.3 is 0 Å². The fourth-order valence-electron chi connectivity index (χ4n) is 1.18. The lowest BCUT2D eigenvalue weighted by Gasteiger charge is -2.17. The van der Waals surface area contributed by atoms with E-state index in [2.05, 4.69) is 5.32 Å². The van der Waals surface area contributed by atoms with Crippen LogP contribution < -0.4 is 11.1 Å². The van der Waals surface area contributed by atoms with Gasteiger partial charge in [-0.1, -0.05) is 13.3 Å². The lowest BCUT2D eigenvalue weighted by molar-refractivity contribution is -0.124. The van der Waals surface area contributed by atoms with Crippen LogP contribution in [0.3, 0.4) is 0 Å². The molecule has 0 aliphatic heterocycles. The van der Waals surface area contributed by atoms with E-state index in [1.54, 1.807) is 0 Å². The van der Waals surface area contributed by atoms with Gasteiger partial charge in [0, 0.05) is 6.04 Å². The number of rotatable bonds is 5. The molecule has 1 saturated carbocycles. The molecule has 1 aliphatic rings. The summed E-state index contributed by atoms with van der Waals surface area (Å²) in [7, 11) is 0. The smallest absolute Gasteiger partial charge is 0.239 e. The Bertz CT molecular complexity index is 180. The molecule has 0 aromatic heterocycles. The molecule has 0 heterocycles. The van der Waals surface area contributed by atoms with E-state index >= 15 is 0 Å². The first kappa shape index (κ1) is 10.5. The average molecular weight is 186 g/mol. The van der Waals surface area contributed by atoms with Gasteiger partial charge in [0.2, 0.25) is 5.91 Å². The monoisotopic (exact) mass is 186 g/mol. The van der Waals surface area contributed by atoms with Crippen LogP contribution in [0.1, 0.15) is 32.6 Å². The third kappa shape index (κ3) is 3.32. The Morgan fingerprint density at radius 3 is 2.77 bits per heavy atom. The molecule has 13 heavy (non-hydrogen) atoms. The topological polar surface area (TPSA) is 75.3 Å². The quantitative estimate of drug-likeness (QED) is 0.554. The van der Waals surface area contributed by atoms with Crippen molar-refractivity contribution in [3.63, 3.8) is 0 Å². The van der Waals surface area contributed by atoms with Gasteiger partial charge in [-0.2, -0.15) is 0 Å². The van der Waals surface area contributed by atoms with Crippen LogP contribution in [0.15, 0.2) is 0 Å². The van der Waals surface area contributed by atoms with E-state index in [-0.39, 0.29) is 5.91 Å². The van der Waals surface area contributed by atoms with Crippen LogP contribution in [0.25, 0.3) is 0 Å². The summed E-state index contributed by atoms with van der Waals surface area (Å²) >= 11 is 0. The number of nitrogens with one attached hydrogen (secondary N) is 1. The summed E-state index contributed by atoms with van der Waals surface area (Å²) in [5, 5.41) is 12.2. The summed E-state index contributed by atoms with van der Waals surface area (Å²) in [5.74, 6) is -0.219. The maximum Gasteiger partial charge on any atom is 0.239 e. The molecule has 0 aromatic carbocycles. The van der Waals surface area contributed by atoms with Gasteiger partial charge in [-0.05, 0) is 19.3 Å². The van der Waals surface area contributed by atoms with E-state index in [9.17, 15) is 9.90 Å². The number of hydrogen-bond acceptors (Lipinski definition) is 3. The molecule has 76 valence electrons. The Labute approximate surface area is 78.5 Å². The molecule has 1 rings (SSSR count). The largest absolute Gasteiger partial charge is 0.391 e. The molecule has 0 radical (unpaired) electrons. The first-order valence-corrected chi connectivity index (χ1v) is 4.89. The average Bonchev–Trinajstić information content (AvgIpc) is 2.87. The zero-order valence-corrected chi connectivity index (χ0v) is 7.99. The van der Waals surface area contributed by atoms with Crippen LogP contribution in [0.2, 0.25) is 0 Å². The Balaban J connectivity index is 2.26. The van der Waals surface area contributed by atoms with Crippen molar-refractivity contribution in [3.8, 4) is 0 Å². The molecule has 1 amide bonds. The standard InChI is InChI=1S/C9H18N2O2/c1-2-3-7(12)8(10)9(13)11-6-4-5-6/h6-8,12H,2-5,10H2,1H3,(H,11,13). The summed E-state index contributed by atoms with van der Waals surface area (Å²) in [6.07, 6.45) is 2.80. The predicted molar refractivity (Wildman–Crippen MR) is 50.1 cm³/mol. The number of nitrogens with two attached hydrogens (primary N) is 1. The number of aliphatic hydroxyl groups is 1. The molecule has 4 N–H and O–H groups in total. The molecule has 4 nitrogen and oxygen atoms in total. The third-order valence-electron chi connectivity index (χ3n) is 2.23. The van der Waals surface area contributed by atoms with Gasteiger partial charge in [0.25, 0.3) is 0 Å². The number of amides is 1. The minimum atomic E-state index is -0.763. The SMILES string of the molecule is CCCC(O)C(N)C(=O)NC1CC1. The number of carbonyl (C=O) groups excluding carboxylic acids is 1. The van der Waals surface area contributed by atoms with Crippen molar-refractivity contribution in [3.05, 3.63) is 0 Å². The molecule has 1 fully saturated rings. The van der Waals surface area contributed by atoms with Gasteiger partial charge in [-0.15, -0.1) is 0 Å².